The van der Waals surface area contributed by atoms with Crippen LogP contribution >= 0.6 is 11.6 Å². The van der Waals surface area contributed by atoms with E-state index in [1.807, 2.05) is 12.1 Å². The number of nitrogens with two attached hydrogens (primary N) is 1. The van der Waals surface area contributed by atoms with Crippen LogP contribution in [0.4, 0.5) is 11.6 Å². The molecule has 1 spiro atoms. The van der Waals surface area contributed by atoms with Crippen LogP contribution in [-0.4, -0.2) is 28.8 Å². The fourth-order valence-electron chi connectivity index (χ4n) is 3.92. The molecule has 4 rings (SSSR count). The Morgan fingerprint density at radius 3 is 2.48 bits per heavy atom. The summed E-state index contributed by atoms with van der Waals surface area (Å²) in [6.45, 7) is 2.02. The van der Waals surface area contributed by atoms with Gasteiger partial charge in [0.15, 0.2) is 5.82 Å². The van der Waals surface area contributed by atoms with Gasteiger partial charge in [-0.15, -0.1) is 0 Å². The fourth-order valence-corrected chi connectivity index (χ4v) is 4.15. The van der Waals surface area contributed by atoms with Crippen LogP contribution in [0.5, 0.6) is 0 Å². The van der Waals surface area contributed by atoms with Crippen molar-refractivity contribution in [3.63, 3.8) is 0 Å². The van der Waals surface area contributed by atoms with Crippen molar-refractivity contribution < 1.29 is 0 Å². The summed E-state index contributed by atoms with van der Waals surface area (Å²) in [5.74, 6) is 1.09. The van der Waals surface area contributed by atoms with Gasteiger partial charge in [-0.05, 0) is 37.2 Å². The zero-order valence-electron chi connectivity index (χ0n) is 14.1. The molecule has 1 saturated carbocycles. The Labute approximate surface area is 152 Å². The van der Waals surface area contributed by atoms with Crippen molar-refractivity contribution in [2.75, 3.05) is 23.7 Å². The molecule has 0 radical (unpaired) electrons. The smallest absolute Gasteiger partial charge is 0.154 e. The van der Waals surface area contributed by atoms with Crippen molar-refractivity contribution in [1.82, 2.24) is 9.97 Å². The molecule has 0 atom stereocenters. The lowest BCUT2D eigenvalue weighted by Gasteiger charge is -2.48. The molecule has 0 unspecified atom stereocenters. The van der Waals surface area contributed by atoms with Gasteiger partial charge in [-0.25, -0.2) is 9.97 Å². The predicted octanol–water partition coefficient (Wildman–Crippen LogP) is 3.90. The molecule has 6 heteroatoms. The van der Waals surface area contributed by atoms with E-state index < -0.39 is 0 Å². The Balaban J connectivity index is 1.53. The molecule has 1 aromatic carbocycles. The number of nitrogens with zero attached hydrogens (tertiary/aromatic N) is 3. The molecule has 3 N–H and O–H groups in total. The summed E-state index contributed by atoms with van der Waals surface area (Å²) in [5.41, 5.74) is 7.92. The third kappa shape index (κ3) is 2.97. The monoisotopic (exact) mass is 355 g/mol. The van der Waals surface area contributed by atoms with Crippen LogP contribution in [0.1, 0.15) is 43.4 Å². The molecule has 1 aromatic heterocycles. The van der Waals surface area contributed by atoms with Gasteiger partial charge >= 0.3 is 0 Å². The van der Waals surface area contributed by atoms with Crippen molar-refractivity contribution in [2.24, 2.45) is 5.41 Å². The van der Waals surface area contributed by atoms with Gasteiger partial charge in [0.2, 0.25) is 0 Å². The summed E-state index contributed by atoms with van der Waals surface area (Å²) in [7, 11) is 0. The maximum atomic E-state index is 8.37. The van der Waals surface area contributed by atoms with E-state index in [4.69, 9.17) is 22.7 Å². The Morgan fingerprint density at radius 1 is 1.16 bits per heavy atom. The summed E-state index contributed by atoms with van der Waals surface area (Å²) >= 11 is 6.18. The van der Waals surface area contributed by atoms with Crippen LogP contribution in [0.3, 0.4) is 0 Å². The van der Waals surface area contributed by atoms with E-state index in [9.17, 15) is 0 Å². The maximum Gasteiger partial charge on any atom is 0.154 e. The van der Waals surface area contributed by atoms with Crippen LogP contribution in [0.25, 0.3) is 0 Å². The molecule has 1 saturated heterocycles. The van der Waals surface area contributed by atoms with Crippen molar-refractivity contribution in [1.29, 1.82) is 5.41 Å². The van der Waals surface area contributed by atoms with E-state index in [2.05, 4.69) is 14.9 Å². The van der Waals surface area contributed by atoms with E-state index in [1.54, 1.807) is 18.3 Å². The van der Waals surface area contributed by atoms with Crippen LogP contribution in [0.2, 0.25) is 5.02 Å². The molecule has 25 heavy (non-hydrogen) atoms. The molecule has 2 heterocycles. The summed E-state index contributed by atoms with van der Waals surface area (Å²) in [6.07, 6.45) is 8.32. The first-order chi connectivity index (χ1) is 12.1. The second kappa shape index (κ2) is 6.30. The number of piperidine rings is 1. The predicted molar refractivity (Wildman–Crippen MR) is 102 cm³/mol. The molecule has 2 aromatic rings. The summed E-state index contributed by atoms with van der Waals surface area (Å²) < 4.78 is 0. The highest BCUT2D eigenvalue weighted by molar-refractivity contribution is 6.35. The number of hydrogen-bond acceptors (Lipinski definition) is 5. The number of benzene rings is 1. The molecule has 130 valence electrons. The minimum absolute atomic E-state index is 0.203. The molecular formula is C19H22ClN5. The highest BCUT2D eigenvalue weighted by Gasteiger charge is 2.39. The van der Waals surface area contributed by atoms with Gasteiger partial charge in [-0.1, -0.05) is 36.2 Å². The molecule has 0 amide bonds. The molecule has 2 aliphatic rings. The van der Waals surface area contributed by atoms with E-state index in [1.165, 1.54) is 32.1 Å². The lowest BCUT2D eigenvalue weighted by Crippen LogP contribution is -2.44. The average molecular weight is 356 g/mol. The largest absolute Gasteiger partial charge is 0.382 e. The number of nitrogen functional groups attached to an aromatic ring is 1. The topological polar surface area (TPSA) is 78.9 Å². The van der Waals surface area contributed by atoms with Crippen molar-refractivity contribution >= 4 is 28.9 Å². The second-order valence-corrected chi connectivity index (χ2v) is 7.56. The van der Waals surface area contributed by atoms with Gasteiger partial charge in [0, 0.05) is 18.7 Å². The highest BCUT2D eigenvalue weighted by Crippen LogP contribution is 2.49. The summed E-state index contributed by atoms with van der Waals surface area (Å²) in [6, 6.07) is 7.23. The Hall–Kier alpha value is -2.14. The van der Waals surface area contributed by atoms with E-state index in [0.29, 0.717) is 21.7 Å². The van der Waals surface area contributed by atoms with E-state index in [-0.39, 0.29) is 11.5 Å². The Morgan fingerprint density at radius 2 is 1.88 bits per heavy atom. The first-order valence-electron chi connectivity index (χ1n) is 8.79. The van der Waals surface area contributed by atoms with Crippen molar-refractivity contribution in [2.45, 2.75) is 32.1 Å². The second-order valence-electron chi connectivity index (χ2n) is 7.16. The standard InChI is InChI=1S/C19H22ClN5/c20-14-5-2-1-4-13(14)16(21)17-18(22)24-15(12-23-17)25-10-8-19(9-11-25)6-3-7-19/h1-2,4-5,12,21H,3,6-11H2,(H2,22,24). The van der Waals surface area contributed by atoms with Crippen LogP contribution in [-0.2, 0) is 0 Å². The van der Waals surface area contributed by atoms with Crippen molar-refractivity contribution in [3.8, 4) is 0 Å². The molecule has 5 nitrogen and oxygen atoms in total. The SMILES string of the molecule is N=C(c1ccccc1Cl)c1ncc(N2CCC3(CCC3)CC2)nc1N. The van der Waals surface area contributed by atoms with Gasteiger partial charge in [-0.3, -0.25) is 5.41 Å². The molecule has 1 aliphatic carbocycles. The number of hydrogen-bond donors (Lipinski definition) is 2. The van der Waals surface area contributed by atoms with Gasteiger partial charge < -0.3 is 10.6 Å². The first kappa shape index (κ1) is 16.3. The third-order valence-electron chi connectivity index (χ3n) is 5.73. The Bertz CT molecular complexity index is 805. The molecule has 0 bridgehead atoms. The van der Waals surface area contributed by atoms with Gasteiger partial charge in [0.25, 0.3) is 0 Å². The lowest BCUT2D eigenvalue weighted by molar-refractivity contribution is 0.0953. The number of nitrogens with one attached hydrogen (secondary N) is 1. The average Bonchev–Trinajstić information content (AvgIpc) is 2.60. The minimum Gasteiger partial charge on any atom is -0.382 e. The number of halogens is 1. The van der Waals surface area contributed by atoms with Crippen LogP contribution in [0, 0.1) is 10.8 Å². The molecule has 2 fully saturated rings. The van der Waals surface area contributed by atoms with Gasteiger partial charge in [0.05, 0.1) is 16.9 Å². The zero-order chi connectivity index (χ0) is 17.4. The molecule has 1 aliphatic heterocycles. The summed E-state index contributed by atoms with van der Waals surface area (Å²) in [4.78, 5) is 11.2. The fraction of sp³-hybridized carbons (Fsp3) is 0.421. The summed E-state index contributed by atoms with van der Waals surface area (Å²) in [5, 5.41) is 8.88. The Kier molecular flexibility index (Phi) is 4.12. The highest BCUT2D eigenvalue weighted by atomic mass is 35.5. The maximum absolute atomic E-state index is 8.37. The quantitative estimate of drug-likeness (QED) is 0.818. The normalized spacial score (nSPS) is 18.8. The van der Waals surface area contributed by atoms with Gasteiger partial charge in [0.1, 0.15) is 11.5 Å². The van der Waals surface area contributed by atoms with E-state index >= 15 is 0 Å². The molecular weight excluding hydrogens is 334 g/mol. The number of aromatic nitrogens is 2. The van der Waals surface area contributed by atoms with Crippen molar-refractivity contribution in [3.05, 3.63) is 46.7 Å². The zero-order valence-corrected chi connectivity index (χ0v) is 14.9. The lowest BCUT2D eigenvalue weighted by atomic mass is 9.63. The number of anilines is 2. The third-order valence-corrected chi connectivity index (χ3v) is 6.06. The van der Waals surface area contributed by atoms with Crippen LogP contribution < -0.4 is 10.6 Å². The van der Waals surface area contributed by atoms with Crippen LogP contribution in [0.15, 0.2) is 30.5 Å². The minimum atomic E-state index is 0.203. The van der Waals surface area contributed by atoms with Gasteiger partial charge in [-0.2, -0.15) is 0 Å². The van der Waals surface area contributed by atoms with E-state index in [0.717, 1.165) is 18.9 Å². The first-order valence-corrected chi connectivity index (χ1v) is 9.17. The number of rotatable bonds is 3.